The summed E-state index contributed by atoms with van der Waals surface area (Å²) in [5.74, 6) is 0.0868. The van der Waals surface area contributed by atoms with Gasteiger partial charge in [-0.1, -0.05) is 28.5 Å². The molecule has 2 aromatic carbocycles. The summed E-state index contributed by atoms with van der Waals surface area (Å²) in [7, 11) is 0. The molecule has 0 aliphatic rings. The minimum absolute atomic E-state index is 0.0868. The Balaban J connectivity index is 2.24. The van der Waals surface area contributed by atoms with E-state index in [1.807, 2.05) is 36.4 Å². The Morgan fingerprint density at radius 2 is 1.89 bits per heavy atom. The molecule has 0 bridgehead atoms. The predicted molar refractivity (Wildman–Crippen MR) is 82.2 cm³/mol. The van der Waals surface area contributed by atoms with Crippen LogP contribution in [0.3, 0.4) is 0 Å². The van der Waals surface area contributed by atoms with Gasteiger partial charge in [-0.3, -0.25) is 0 Å². The normalized spacial score (nSPS) is 11.6. The fraction of sp³-hybridized carbons (Fsp3) is 0. The van der Waals surface area contributed by atoms with E-state index in [-0.39, 0.29) is 5.84 Å². The van der Waals surface area contributed by atoms with Gasteiger partial charge in [0.1, 0.15) is 0 Å². The van der Waals surface area contributed by atoms with Crippen molar-refractivity contribution >= 4 is 45.1 Å². The third kappa shape index (κ3) is 3.65. The van der Waals surface area contributed by atoms with Crippen LogP contribution in [0.25, 0.3) is 0 Å². The van der Waals surface area contributed by atoms with Gasteiger partial charge in [0.25, 0.3) is 0 Å². The van der Waals surface area contributed by atoms with Crippen molar-refractivity contribution < 1.29 is 5.21 Å². The number of amidine groups is 1. The fourth-order valence-electron chi connectivity index (χ4n) is 1.43. The van der Waals surface area contributed by atoms with E-state index in [4.69, 9.17) is 22.5 Å². The highest BCUT2D eigenvalue weighted by molar-refractivity contribution is 9.10. The number of nitrogens with two attached hydrogens (primary N) is 1. The maximum Gasteiger partial charge on any atom is 0.170 e. The van der Waals surface area contributed by atoms with Gasteiger partial charge in [0, 0.05) is 24.8 Å². The van der Waals surface area contributed by atoms with Gasteiger partial charge in [-0.25, -0.2) is 0 Å². The van der Waals surface area contributed by atoms with Crippen LogP contribution < -0.4 is 5.73 Å². The maximum atomic E-state index is 8.64. The fourth-order valence-corrected chi connectivity index (χ4v) is 3.00. The molecule has 0 aliphatic carbocycles. The van der Waals surface area contributed by atoms with Crippen LogP contribution in [0.4, 0.5) is 0 Å². The Bertz CT molecular complexity index is 617. The van der Waals surface area contributed by atoms with Crippen molar-refractivity contribution in [1.82, 2.24) is 0 Å². The molecule has 0 radical (unpaired) electrons. The molecule has 3 N–H and O–H groups in total. The molecule has 0 atom stereocenters. The zero-order valence-corrected chi connectivity index (χ0v) is 12.8. The van der Waals surface area contributed by atoms with Gasteiger partial charge in [-0.05, 0) is 58.4 Å². The molecule has 0 saturated carbocycles. The highest BCUT2D eigenvalue weighted by Crippen LogP contribution is 2.34. The van der Waals surface area contributed by atoms with Gasteiger partial charge >= 0.3 is 0 Å². The van der Waals surface area contributed by atoms with E-state index in [0.717, 1.165) is 14.3 Å². The van der Waals surface area contributed by atoms with Crippen molar-refractivity contribution in [2.45, 2.75) is 9.79 Å². The summed E-state index contributed by atoms with van der Waals surface area (Å²) in [6.45, 7) is 0. The molecule has 0 saturated heterocycles. The highest BCUT2D eigenvalue weighted by Gasteiger charge is 2.06. The lowest BCUT2D eigenvalue weighted by Gasteiger charge is -2.06. The van der Waals surface area contributed by atoms with E-state index in [1.54, 1.807) is 17.8 Å². The van der Waals surface area contributed by atoms with Crippen molar-refractivity contribution in [2.75, 3.05) is 0 Å². The summed E-state index contributed by atoms with van der Waals surface area (Å²) in [5.41, 5.74) is 6.20. The van der Waals surface area contributed by atoms with E-state index in [0.29, 0.717) is 10.6 Å². The summed E-state index contributed by atoms with van der Waals surface area (Å²) in [6.07, 6.45) is 0. The number of hydrogen-bond acceptors (Lipinski definition) is 3. The van der Waals surface area contributed by atoms with Crippen molar-refractivity contribution in [3.05, 3.63) is 57.5 Å². The quantitative estimate of drug-likeness (QED) is 0.371. The van der Waals surface area contributed by atoms with E-state index in [9.17, 15) is 0 Å². The lowest BCUT2D eigenvalue weighted by molar-refractivity contribution is 0.318. The minimum Gasteiger partial charge on any atom is -0.409 e. The van der Waals surface area contributed by atoms with Gasteiger partial charge in [0.15, 0.2) is 5.84 Å². The second kappa shape index (κ2) is 6.32. The largest absolute Gasteiger partial charge is 0.409 e. The molecule has 6 heteroatoms. The highest BCUT2D eigenvalue weighted by atomic mass is 79.9. The smallest absolute Gasteiger partial charge is 0.170 e. The van der Waals surface area contributed by atoms with Crippen LogP contribution in [0.1, 0.15) is 5.56 Å². The summed E-state index contributed by atoms with van der Waals surface area (Å²) in [5, 5.41) is 12.3. The van der Waals surface area contributed by atoms with Crippen LogP contribution in [-0.2, 0) is 0 Å². The topological polar surface area (TPSA) is 58.6 Å². The molecule has 0 unspecified atom stereocenters. The number of rotatable bonds is 3. The molecule has 0 fully saturated rings. The number of oxime groups is 1. The predicted octanol–water partition coefficient (Wildman–Crippen LogP) is 4.35. The summed E-state index contributed by atoms with van der Waals surface area (Å²) in [6, 6.07) is 13.1. The van der Waals surface area contributed by atoms with Gasteiger partial charge in [-0.2, -0.15) is 0 Å². The van der Waals surface area contributed by atoms with Crippen LogP contribution >= 0.6 is 39.3 Å². The average Bonchev–Trinajstić information content (AvgIpc) is 2.42. The molecule has 3 nitrogen and oxygen atoms in total. The lowest BCUT2D eigenvalue weighted by Crippen LogP contribution is -2.12. The maximum absolute atomic E-state index is 8.64. The van der Waals surface area contributed by atoms with Crippen LogP contribution in [0, 0.1) is 0 Å². The van der Waals surface area contributed by atoms with E-state index in [1.165, 1.54) is 0 Å². The Kier molecular flexibility index (Phi) is 4.74. The molecule has 2 rings (SSSR count). The Morgan fingerprint density at radius 1 is 1.21 bits per heavy atom. The molecule has 0 heterocycles. The SMILES string of the molecule is N/C(=N/O)c1ccc(Sc2ccc(Cl)cc2)c(Br)c1. The molecule has 2 aromatic rings. The molecule has 98 valence electrons. The number of benzene rings is 2. The molecule has 0 aliphatic heterocycles. The monoisotopic (exact) mass is 356 g/mol. The van der Waals surface area contributed by atoms with Gasteiger partial charge in [-0.15, -0.1) is 0 Å². The second-order valence-electron chi connectivity index (χ2n) is 3.69. The van der Waals surface area contributed by atoms with Crippen molar-refractivity contribution in [3.63, 3.8) is 0 Å². The van der Waals surface area contributed by atoms with Crippen molar-refractivity contribution in [3.8, 4) is 0 Å². The molecular formula is C13H10BrClN2OS. The van der Waals surface area contributed by atoms with Crippen LogP contribution in [-0.4, -0.2) is 11.0 Å². The van der Waals surface area contributed by atoms with Gasteiger partial charge in [0.2, 0.25) is 0 Å². The average molecular weight is 358 g/mol. The Labute approximate surface area is 128 Å². The molecule has 0 amide bonds. The first-order chi connectivity index (χ1) is 9.10. The molecular weight excluding hydrogens is 348 g/mol. The number of halogens is 2. The lowest BCUT2D eigenvalue weighted by atomic mass is 10.2. The number of nitrogens with zero attached hydrogens (tertiary/aromatic N) is 1. The first-order valence-electron chi connectivity index (χ1n) is 5.31. The van der Waals surface area contributed by atoms with E-state index >= 15 is 0 Å². The first kappa shape index (κ1) is 14.2. The van der Waals surface area contributed by atoms with Crippen LogP contribution in [0.15, 0.2) is 61.9 Å². The summed E-state index contributed by atoms with van der Waals surface area (Å²) >= 11 is 10.9. The Hall–Kier alpha value is -1.17. The second-order valence-corrected chi connectivity index (χ2v) is 6.09. The minimum atomic E-state index is 0.0868. The van der Waals surface area contributed by atoms with Gasteiger partial charge < -0.3 is 10.9 Å². The Morgan fingerprint density at radius 3 is 2.47 bits per heavy atom. The molecule has 0 spiro atoms. The summed E-state index contributed by atoms with van der Waals surface area (Å²) < 4.78 is 0.886. The zero-order valence-electron chi connectivity index (χ0n) is 9.68. The van der Waals surface area contributed by atoms with Crippen molar-refractivity contribution in [2.24, 2.45) is 10.9 Å². The zero-order chi connectivity index (χ0) is 13.8. The van der Waals surface area contributed by atoms with Gasteiger partial charge in [0.05, 0.1) is 0 Å². The number of hydrogen-bond donors (Lipinski definition) is 2. The third-order valence-corrected chi connectivity index (χ3v) is 4.63. The standard InChI is InChI=1S/C13H10BrClN2OS/c14-11-7-8(13(16)17-18)1-6-12(11)19-10-4-2-9(15)3-5-10/h1-7,18H,(H2,16,17). The summed E-state index contributed by atoms with van der Waals surface area (Å²) in [4.78, 5) is 2.12. The van der Waals surface area contributed by atoms with E-state index < -0.39 is 0 Å². The van der Waals surface area contributed by atoms with Crippen LogP contribution in [0.2, 0.25) is 5.02 Å². The van der Waals surface area contributed by atoms with Crippen molar-refractivity contribution in [1.29, 1.82) is 0 Å². The third-order valence-electron chi connectivity index (χ3n) is 2.38. The van der Waals surface area contributed by atoms with Crippen LogP contribution in [0.5, 0.6) is 0 Å². The molecule has 0 aromatic heterocycles. The first-order valence-corrected chi connectivity index (χ1v) is 7.30. The van der Waals surface area contributed by atoms with E-state index in [2.05, 4.69) is 21.1 Å². The molecule has 19 heavy (non-hydrogen) atoms.